The number of hydrogen-bond donors (Lipinski definition) is 1. The molecule has 0 aromatic heterocycles. The maximum absolute atomic E-state index is 6.15. The minimum Gasteiger partial charge on any atom is -0.375 e. The van der Waals surface area contributed by atoms with Crippen LogP contribution >= 0.6 is 0 Å². The molecule has 0 amide bonds. The highest BCUT2D eigenvalue weighted by Gasteiger charge is 2.46. The molecule has 6 atom stereocenters. The van der Waals surface area contributed by atoms with Crippen molar-refractivity contribution in [3.8, 4) is 0 Å². The Labute approximate surface area is 125 Å². The summed E-state index contributed by atoms with van der Waals surface area (Å²) in [4.78, 5) is 0. The van der Waals surface area contributed by atoms with Crippen molar-refractivity contribution < 1.29 is 4.74 Å². The van der Waals surface area contributed by atoms with E-state index in [0.29, 0.717) is 12.2 Å². The number of rotatable bonds is 5. The molecular formula is C18H33NO. The Kier molecular flexibility index (Phi) is 4.72. The molecule has 2 saturated heterocycles. The predicted octanol–water partition coefficient (Wildman–Crippen LogP) is 3.99. The van der Waals surface area contributed by atoms with Crippen molar-refractivity contribution in [1.82, 2.24) is 5.32 Å². The third-order valence-electron chi connectivity index (χ3n) is 5.97. The first-order valence-corrected chi connectivity index (χ1v) is 9.06. The van der Waals surface area contributed by atoms with Crippen LogP contribution in [0.3, 0.4) is 0 Å². The van der Waals surface area contributed by atoms with E-state index in [2.05, 4.69) is 26.1 Å². The average Bonchev–Trinajstić information content (AvgIpc) is 3.00. The summed E-state index contributed by atoms with van der Waals surface area (Å²) < 4.78 is 6.15. The maximum Gasteiger partial charge on any atom is 0.0623 e. The van der Waals surface area contributed by atoms with E-state index in [-0.39, 0.29) is 0 Å². The Morgan fingerprint density at radius 2 is 1.80 bits per heavy atom. The second-order valence-electron chi connectivity index (χ2n) is 7.93. The van der Waals surface area contributed by atoms with Crippen LogP contribution in [0.4, 0.5) is 0 Å². The average molecular weight is 279 g/mol. The minimum atomic E-state index is 0.571. The van der Waals surface area contributed by atoms with Gasteiger partial charge in [-0.15, -0.1) is 0 Å². The van der Waals surface area contributed by atoms with Gasteiger partial charge in [0.25, 0.3) is 0 Å². The van der Waals surface area contributed by atoms with Crippen molar-refractivity contribution in [1.29, 1.82) is 0 Å². The van der Waals surface area contributed by atoms with Crippen LogP contribution in [0.5, 0.6) is 0 Å². The summed E-state index contributed by atoms with van der Waals surface area (Å²) in [5.74, 6) is 3.50. The summed E-state index contributed by atoms with van der Waals surface area (Å²) in [6.07, 6.45) is 10.7. The fraction of sp³-hybridized carbons (Fsp3) is 1.00. The van der Waals surface area contributed by atoms with Gasteiger partial charge in [0.15, 0.2) is 0 Å². The lowest BCUT2D eigenvalue weighted by atomic mass is 9.68. The second-order valence-corrected chi connectivity index (χ2v) is 7.93. The molecule has 0 aromatic carbocycles. The molecular weight excluding hydrogens is 246 g/mol. The van der Waals surface area contributed by atoms with E-state index in [1.165, 1.54) is 51.5 Å². The van der Waals surface area contributed by atoms with Crippen molar-refractivity contribution in [2.24, 2.45) is 23.7 Å². The van der Waals surface area contributed by atoms with E-state index in [0.717, 1.165) is 29.7 Å². The highest BCUT2D eigenvalue weighted by Crippen LogP contribution is 2.45. The van der Waals surface area contributed by atoms with E-state index in [4.69, 9.17) is 4.74 Å². The summed E-state index contributed by atoms with van der Waals surface area (Å²) in [6, 6.07) is 0.718. The molecule has 1 N–H and O–H groups in total. The van der Waals surface area contributed by atoms with Crippen LogP contribution < -0.4 is 5.32 Å². The molecule has 1 aliphatic carbocycles. The first-order chi connectivity index (χ1) is 9.67. The van der Waals surface area contributed by atoms with Gasteiger partial charge in [-0.05, 0) is 69.2 Å². The first kappa shape index (κ1) is 14.8. The van der Waals surface area contributed by atoms with Crippen LogP contribution in [0.25, 0.3) is 0 Å². The molecule has 2 bridgehead atoms. The summed E-state index contributed by atoms with van der Waals surface area (Å²) in [7, 11) is 0. The first-order valence-electron chi connectivity index (χ1n) is 9.06. The quantitative estimate of drug-likeness (QED) is 0.821. The molecule has 0 aromatic rings. The van der Waals surface area contributed by atoms with Gasteiger partial charge in [-0.2, -0.15) is 0 Å². The van der Waals surface area contributed by atoms with Crippen molar-refractivity contribution >= 4 is 0 Å². The lowest BCUT2D eigenvalue weighted by Gasteiger charge is -2.41. The number of hydrogen-bond acceptors (Lipinski definition) is 2. The molecule has 2 heterocycles. The van der Waals surface area contributed by atoms with Gasteiger partial charge in [-0.3, -0.25) is 0 Å². The Hall–Kier alpha value is -0.0800. The molecule has 2 aliphatic heterocycles. The summed E-state index contributed by atoms with van der Waals surface area (Å²) in [5.41, 5.74) is 0. The van der Waals surface area contributed by atoms with E-state index in [1.54, 1.807) is 0 Å². The third-order valence-corrected chi connectivity index (χ3v) is 5.97. The van der Waals surface area contributed by atoms with Gasteiger partial charge in [-0.25, -0.2) is 0 Å². The molecule has 6 unspecified atom stereocenters. The zero-order chi connectivity index (χ0) is 14.1. The van der Waals surface area contributed by atoms with Gasteiger partial charge >= 0.3 is 0 Å². The smallest absolute Gasteiger partial charge is 0.0623 e. The van der Waals surface area contributed by atoms with Gasteiger partial charge in [-0.1, -0.05) is 20.8 Å². The van der Waals surface area contributed by atoms with Crippen molar-refractivity contribution in [3.63, 3.8) is 0 Å². The third kappa shape index (κ3) is 3.06. The number of ether oxygens (including phenoxy) is 1. The van der Waals surface area contributed by atoms with Crippen LogP contribution in [0.2, 0.25) is 0 Å². The van der Waals surface area contributed by atoms with Crippen LogP contribution in [0.15, 0.2) is 0 Å². The molecule has 0 radical (unpaired) electrons. The molecule has 20 heavy (non-hydrogen) atoms. The zero-order valence-corrected chi connectivity index (χ0v) is 13.6. The van der Waals surface area contributed by atoms with E-state index in [1.807, 2.05) is 0 Å². The molecule has 116 valence electrons. The highest BCUT2D eigenvalue weighted by atomic mass is 16.5. The summed E-state index contributed by atoms with van der Waals surface area (Å²) >= 11 is 0. The van der Waals surface area contributed by atoms with Crippen LogP contribution in [0, 0.1) is 23.7 Å². The largest absolute Gasteiger partial charge is 0.375 e. The van der Waals surface area contributed by atoms with Gasteiger partial charge < -0.3 is 10.1 Å². The van der Waals surface area contributed by atoms with E-state index in [9.17, 15) is 0 Å². The Morgan fingerprint density at radius 3 is 2.35 bits per heavy atom. The monoisotopic (exact) mass is 279 g/mol. The van der Waals surface area contributed by atoms with Gasteiger partial charge in [0.05, 0.1) is 12.2 Å². The SMILES string of the molecule is CCCNC(C1CC(C)CC(C)C1)C1CC2CCC1O2. The fourth-order valence-electron chi connectivity index (χ4n) is 5.34. The molecule has 0 spiro atoms. The van der Waals surface area contributed by atoms with Crippen molar-refractivity contribution in [2.75, 3.05) is 6.54 Å². The lowest BCUT2D eigenvalue weighted by molar-refractivity contribution is 0.0682. The van der Waals surface area contributed by atoms with Gasteiger partial charge in [0.1, 0.15) is 0 Å². The summed E-state index contributed by atoms with van der Waals surface area (Å²) in [5, 5.41) is 3.93. The van der Waals surface area contributed by atoms with Crippen molar-refractivity contribution in [3.05, 3.63) is 0 Å². The van der Waals surface area contributed by atoms with Crippen LogP contribution in [-0.2, 0) is 4.74 Å². The summed E-state index contributed by atoms with van der Waals surface area (Å²) in [6.45, 7) is 8.37. The Morgan fingerprint density at radius 1 is 1.05 bits per heavy atom. The molecule has 2 nitrogen and oxygen atoms in total. The second kappa shape index (κ2) is 6.36. The van der Waals surface area contributed by atoms with E-state index >= 15 is 0 Å². The van der Waals surface area contributed by atoms with Gasteiger partial charge in [0, 0.05) is 12.0 Å². The van der Waals surface area contributed by atoms with Crippen LogP contribution in [-0.4, -0.2) is 24.8 Å². The lowest BCUT2D eigenvalue weighted by Crippen LogP contribution is -2.48. The van der Waals surface area contributed by atoms with E-state index < -0.39 is 0 Å². The zero-order valence-electron chi connectivity index (χ0n) is 13.6. The maximum atomic E-state index is 6.15. The molecule has 2 heteroatoms. The molecule has 1 saturated carbocycles. The normalized spacial score (nSPS) is 45.8. The number of fused-ring (bicyclic) bond motifs is 2. The predicted molar refractivity (Wildman–Crippen MR) is 83.8 cm³/mol. The van der Waals surface area contributed by atoms with Crippen molar-refractivity contribution in [2.45, 2.75) is 84.0 Å². The topological polar surface area (TPSA) is 21.3 Å². The number of nitrogens with one attached hydrogen (secondary N) is 1. The Balaban J connectivity index is 1.68. The molecule has 3 rings (SSSR count). The Bertz CT molecular complexity index is 309. The highest BCUT2D eigenvalue weighted by molar-refractivity contribution is 4.98. The molecule has 3 aliphatic rings. The minimum absolute atomic E-state index is 0.571. The molecule has 3 fully saturated rings. The van der Waals surface area contributed by atoms with Crippen LogP contribution in [0.1, 0.15) is 65.7 Å². The standard InChI is InChI=1S/C18H33NO/c1-4-7-19-18(14-9-12(2)8-13(3)10-14)16-11-15-5-6-17(16)20-15/h12-19H,4-11H2,1-3H3. The fourth-order valence-corrected chi connectivity index (χ4v) is 5.34. The van der Waals surface area contributed by atoms with Gasteiger partial charge in [0.2, 0.25) is 0 Å².